The van der Waals surface area contributed by atoms with E-state index in [1.54, 1.807) is 12.1 Å². The highest BCUT2D eigenvalue weighted by Gasteiger charge is 2.34. The lowest BCUT2D eigenvalue weighted by Gasteiger charge is -2.32. The predicted octanol–water partition coefficient (Wildman–Crippen LogP) is 3.75. The van der Waals surface area contributed by atoms with Gasteiger partial charge in [-0.1, -0.05) is 94.8 Å². The Morgan fingerprint density at radius 1 is 0.851 bits per heavy atom. The molecule has 0 heterocycles. The molecule has 3 rings (SSSR count). The number of nitrogens with zero attached hydrogens (tertiary/aromatic N) is 1. The van der Waals surface area contributed by atoms with E-state index in [9.17, 15) is 23.1 Å². The molecule has 3 aromatic carbocycles. The van der Waals surface area contributed by atoms with Gasteiger partial charge in [0.15, 0.2) is 0 Å². The molecule has 4 N–H and O–H groups in total. The number of nitrogens with one attached hydrogen (secondary N) is 3. The molecule has 256 valence electrons. The average molecular weight is 667 g/mol. The number of aliphatic hydroxyl groups is 1. The van der Waals surface area contributed by atoms with Gasteiger partial charge in [0.05, 0.1) is 30.7 Å². The first-order valence-corrected chi connectivity index (χ1v) is 17.6. The Kier molecular flexibility index (Phi) is 14.9. The third-order valence-corrected chi connectivity index (χ3v) is 9.86. The van der Waals surface area contributed by atoms with Crippen LogP contribution in [-0.2, 0) is 32.6 Å². The minimum Gasteiger partial charge on any atom is -0.497 e. The number of amides is 2. The van der Waals surface area contributed by atoms with Gasteiger partial charge in [0.2, 0.25) is 21.8 Å². The summed E-state index contributed by atoms with van der Waals surface area (Å²) in [7, 11) is -2.48. The van der Waals surface area contributed by atoms with Crippen molar-refractivity contribution in [2.75, 3.05) is 26.7 Å². The molecule has 0 saturated heterocycles. The zero-order chi connectivity index (χ0) is 34.4. The molecule has 47 heavy (non-hydrogen) atoms. The molecule has 0 spiro atoms. The number of methoxy groups -OCH3 is 1. The molecule has 0 aliphatic rings. The number of carbonyl (C=O) groups is 2. The largest absolute Gasteiger partial charge is 0.497 e. The monoisotopic (exact) mass is 666 g/mol. The third kappa shape index (κ3) is 11.8. The standard InChI is InChI=1S/C36H50N4O6S/c1-6-27(4)35(39-34(42)23-37-22-29-15-11-8-12-16-29)36(43)38-32(21-28-13-9-7-10-14-28)33(41)25-40(24-26(2)3)47(44,45)31-19-17-30(46-5)18-20-31/h7-20,26-27,32-33,35,37,41H,6,21-25H2,1-5H3,(H,38,43)(H,39,42)/t27?,32-,33?,35-/m0/s1. The molecule has 0 radical (unpaired) electrons. The summed E-state index contributed by atoms with van der Waals surface area (Å²) >= 11 is 0. The Morgan fingerprint density at radius 3 is 2.00 bits per heavy atom. The average Bonchev–Trinajstić information content (AvgIpc) is 3.06. The quantitative estimate of drug-likeness (QED) is 0.153. The fourth-order valence-corrected chi connectivity index (χ4v) is 6.80. The first kappa shape index (κ1) is 37.7. The highest BCUT2D eigenvalue weighted by atomic mass is 32.2. The van der Waals surface area contributed by atoms with Crippen LogP contribution in [0.25, 0.3) is 0 Å². The number of benzene rings is 3. The second-order valence-electron chi connectivity index (χ2n) is 12.3. The van der Waals surface area contributed by atoms with Crippen LogP contribution in [-0.4, -0.2) is 74.6 Å². The first-order valence-electron chi connectivity index (χ1n) is 16.1. The van der Waals surface area contributed by atoms with Crippen LogP contribution in [0.2, 0.25) is 0 Å². The van der Waals surface area contributed by atoms with E-state index < -0.39 is 34.1 Å². The molecule has 0 bridgehead atoms. The van der Waals surface area contributed by atoms with Gasteiger partial charge in [-0.25, -0.2) is 8.42 Å². The van der Waals surface area contributed by atoms with Gasteiger partial charge >= 0.3 is 0 Å². The second-order valence-corrected chi connectivity index (χ2v) is 14.2. The zero-order valence-electron chi connectivity index (χ0n) is 28.1. The van der Waals surface area contributed by atoms with Crippen LogP contribution in [0.1, 0.15) is 45.2 Å². The van der Waals surface area contributed by atoms with Gasteiger partial charge in [-0.15, -0.1) is 0 Å². The molecule has 0 saturated carbocycles. The predicted molar refractivity (Wildman–Crippen MR) is 184 cm³/mol. The van der Waals surface area contributed by atoms with Gasteiger partial charge in [-0.3, -0.25) is 9.59 Å². The molecule has 0 fully saturated rings. The summed E-state index contributed by atoms with van der Waals surface area (Å²) in [4.78, 5) is 26.8. The van der Waals surface area contributed by atoms with Crippen LogP contribution >= 0.6 is 0 Å². The zero-order valence-corrected chi connectivity index (χ0v) is 28.9. The van der Waals surface area contributed by atoms with Gasteiger partial charge in [0, 0.05) is 19.6 Å². The van der Waals surface area contributed by atoms with Crippen molar-refractivity contribution in [3.8, 4) is 5.75 Å². The van der Waals surface area contributed by atoms with E-state index in [-0.39, 0.29) is 48.7 Å². The molecule has 2 amide bonds. The molecule has 3 aromatic rings. The van der Waals surface area contributed by atoms with Crippen LogP contribution in [0.15, 0.2) is 89.8 Å². The summed E-state index contributed by atoms with van der Waals surface area (Å²) in [5.41, 5.74) is 1.90. The minimum atomic E-state index is -3.99. The number of aliphatic hydroxyl groups excluding tert-OH is 1. The maximum atomic E-state index is 13.8. The summed E-state index contributed by atoms with van der Waals surface area (Å²) < 4.78 is 34.0. The molecule has 10 nitrogen and oxygen atoms in total. The number of hydrogen-bond donors (Lipinski definition) is 4. The Labute approximate surface area is 280 Å². The minimum absolute atomic E-state index is 0.0263. The fourth-order valence-electron chi connectivity index (χ4n) is 5.18. The van der Waals surface area contributed by atoms with Crippen molar-refractivity contribution in [3.05, 3.63) is 96.1 Å². The van der Waals surface area contributed by atoms with Crippen molar-refractivity contribution in [2.45, 2.75) is 70.2 Å². The number of carbonyl (C=O) groups excluding carboxylic acids is 2. The number of rotatable bonds is 19. The summed E-state index contributed by atoms with van der Waals surface area (Å²) in [6.07, 6.45) is -0.373. The Morgan fingerprint density at radius 2 is 1.45 bits per heavy atom. The third-order valence-electron chi connectivity index (χ3n) is 8.02. The highest BCUT2D eigenvalue weighted by molar-refractivity contribution is 7.89. The Balaban J connectivity index is 1.80. The summed E-state index contributed by atoms with van der Waals surface area (Å²) in [6.45, 7) is 8.09. The van der Waals surface area contributed by atoms with E-state index in [1.807, 2.05) is 88.4 Å². The number of hydrogen-bond acceptors (Lipinski definition) is 7. The molecular formula is C36H50N4O6S. The van der Waals surface area contributed by atoms with Crippen molar-refractivity contribution in [3.63, 3.8) is 0 Å². The Bertz CT molecular complexity index is 1490. The van der Waals surface area contributed by atoms with E-state index in [0.29, 0.717) is 18.7 Å². The van der Waals surface area contributed by atoms with Crippen molar-refractivity contribution in [2.24, 2.45) is 11.8 Å². The van der Waals surface area contributed by atoms with Crippen LogP contribution < -0.4 is 20.7 Å². The van der Waals surface area contributed by atoms with Gasteiger partial charge in [0.1, 0.15) is 11.8 Å². The summed E-state index contributed by atoms with van der Waals surface area (Å²) in [6, 6.07) is 23.5. The number of sulfonamides is 1. The van der Waals surface area contributed by atoms with E-state index in [4.69, 9.17) is 4.74 Å². The molecular weight excluding hydrogens is 616 g/mol. The van der Waals surface area contributed by atoms with E-state index in [2.05, 4.69) is 16.0 Å². The van der Waals surface area contributed by atoms with Gasteiger partial charge in [-0.2, -0.15) is 4.31 Å². The van der Waals surface area contributed by atoms with Crippen molar-refractivity contribution >= 4 is 21.8 Å². The lowest BCUT2D eigenvalue weighted by molar-refractivity contribution is -0.131. The van der Waals surface area contributed by atoms with Gasteiger partial charge in [0.25, 0.3) is 0 Å². The fraction of sp³-hybridized carbons (Fsp3) is 0.444. The smallest absolute Gasteiger partial charge is 0.243 e. The highest BCUT2D eigenvalue weighted by Crippen LogP contribution is 2.22. The Hall–Kier alpha value is -3.77. The van der Waals surface area contributed by atoms with Crippen LogP contribution in [0.3, 0.4) is 0 Å². The van der Waals surface area contributed by atoms with E-state index >= 15 is 0 Å². The lowest BCUT2D eigenvalue weighted by atomic mass is 9.96. The summed E-state index contributed by atoms with van der Waals surface area (Å²) in [5, 5.41) is 20.6. The van der Waals surface area contributed by atoms with Crippen molar-refractivity contribution < 1.29 is 27.9 Å². The van der Waals surface area contributed by atoms with Crippen LogP contribution in [0.4, 0.5) is 0 Å². The lowest BCUT2D eigenvalue weighted by Crippen LogP contribution is -2.57. The molecule has 0 aliphatic heterocycles. The molecule has 0 aliphatic carbocycles. The number of ether oxygens (including phenoxy) is 1. The normalized spacial score (nSPS) is 14.3. The van der Waals surface area contributed by atoms with E-state index in [0.717, 1.165) is 11.1 Å². The maximum absolute atomic E-state index is 13.8. The summed E-state index contributed by atoms with van der Waals surface area (Å²) in [5.74, 6) is -0.465. The van der Waals surface area contributed by atoms with Crippen molar-refractivity contribution in [1.82, 2.24) is 20.3 Å². The molecule has 11 heteroatoms. The van der Waals surface area contributed by atoms with E-state index in [1.165, 1.54) is 23.5 Å². The SMILES string of the molecule is CCC(C)[C@H](NC(=O)CNCc1ccccc1)C(=O)N[C@@H](Cc1ccccc1)C(O)CN(CC(C)C)S(=O)(=O)c1ccc(OC)cc1. The van der Waals surface area contributed by atoms with Crippen LogP contribution in [0, 0.1) is 11.8 Å². The topological polar surface area (TPSA) is 137 Å². The van der Waals surface area contributed by atoms with Gasteiger partial charge < -0.3 is 25.8 Å². The second kappa shape index (κ2) is 18.5. The molecule has 4 atom stereocenters. The molecule has 0 aromatic heterocycles. The maximum Gasteiger partial charge on any atom is 0.243 e. The van der Waals surface area contributed by atoms with Crippen LogP contribution in [0.5, 0.6) is 5.75 Å². The van der Waals surface area contributed by atoms with Crippen molar-refractivity contribution in [1.29, 1.82) is 0 Å². The molecule has 2 unspecified atom stereocenters. The first-order chi connectivity index (χ1) is 22.4. The van der Waals surface area contributed by atoms with Gasteiger partial charge in [-0.05, 0) is 53.6 Å².